The first-order chi connectivity index (χ1) is 10.9. The van der Waals surface area contributed by atoms with E-state index in [1.165, 1.54) is 6.07 Å². The second kappa shape index (κ2) is 6.45. The fraction of sp³-hybridized carbons (Fsp3) is 0.312. The van der Waals surface area contributed by atoms with E-state index in [2.05, 4.69) is 0 Å². The molecule has 6 nitrogen and oxygen atoms in total. The Balaban J connectivity index is 0.000000924. The van der Waals surface area contributed by atoms with Crippen LogP contribution in [0.25, 0.3) is 10.8 Å². The Morgan fingerprint density at radius 1 is 1.17 bits per heavy atom. The topological polar surface area (TPSA) is 86.7 Å². The second-order valence-electron chi connectivity index (χ2n) is 4.91. The molecule has 0 radical (unpaired) electrons. The van der Waals surface area contributed by atoms with Crippen molar-refractivity contribution in [2.24, 2.45) is 0 Å². The van der Waals surface area contributed by atoms with E-state index < -0.39 is 16.1 Å². The van der Waals surface area contributed by atoms with Crippen LogP contribution >= 0.6 is 0 Å². The van der Waals surface area contributed by atoms with Gasteiger partial charge < -0.3 is 5.11 Å². The Kier molecular flexibility index (Phi) is 4.79. The van der Waals surface area contributed by atoms with Crippen LogP contribution in [-0.4, -0.2) is 26.0 Å². The van der Waals surface area contributed by atoms with Crippen molar-refractivity contribution in [3.8, 4) is 5.75 Å². The Morgan fingerprint density at radius 2 is 1.87 bits per heavy atom. The largest absolute Gasteiger partial charge is 0.506 e. The summed E-state index contributed by atoms with van der Waals surface area (Å²) in [4.78, 5) is 11.3. The van der Waals surface area contributed by atoms with Gasteiger partial charge in [0.1, 0.15) is 12.3 Å². The molecular formula is C16H20N2O4S. The summed E-state index contributed by atoms with van der Waals surface area (Å²) in [5, 5.41) is 11.7. The first-order valence-corrected chi connectivity index (χ1v) is 8.93. The number of amides is 1. The molecule has 1 saturated heterocycles. The molecule has 2 N–H and O–H groups in total. The number of benzene rings is 2. The summed E-state index contributed by atoms with van der Waals surface area (Å²) in [6.07, 6.45) is 0.855. The van der Waals surface area contributed by atoms with Gasteiger partial charge in [-0.25, -0.2) is 9.03 Å². The number of aromatic hydroxyl groups is 1. The van der Waals surface area contributed by atoms with Crippen LogP contribution in [-0.2, 0) is 21.4 Å². The summed E-state index contributed by atoms with van der Waals surface area (Å²) in [5.74, 6) is -0.788. The lowest BCUT2D eigenvalue weighted by Gasteiger charge is -2.17. The predicted molar refractivity (Wildman–Crippen MR) is 90.7 cm³/mol. The van der Waals surface area contributed by atoms with Gasteiger partial charge in [-0.05, 0) is 34.9 Å². The zero-order chi connectivity index (χ0) is 17.2. The number of phenols is 1. The lowest BCUT2D eigenvalue weighted by atomic mass is 10.0. The smallest absolute Gasteiger partial charge is 0.326 e. The van der Waals surface area contributed by atoms with Crippen molar-refractivity contribution in [2.45, 2.75) is 27.2 Å². The Labute approximate surface area is 135 Å². The molecule has 124 valence electrons. The summed E-state index contributed by atoms with van der Waals surface area (Å²) in [6.45, 7) is 5.70. The number of fused-ring (bicyclic) bond motifs is 1. The molecule has 1 heterocycles. The molecule has 0 aromatic heterocycles. The van der Waals surface area contributed by atoms with Crippen LogP contribution in [0.15, 0.2) is 30.3 Å². The summed E-state index contributed by atoms with van der Waals surface area (Å²) in [7, 11) is -3.92. The molecule has 2 aromatic carbocycles. The molecule has 7 heteroatoms. The van der Waals surface area contributed by atoms with Crippen molar-refractivity contribution >= 4 is 32.6 Å². The highest BCUT2D eigenvalue weighted by molar-refractivity contribution is 7.92. The highest BCUT2D eigenvalue weighted by atomic mass is 32.2. The molecule has 0 spiro atoms. The van der Waals surface area contributed by atoms with Crippen LogP contribution in [0.2, 0.25) is 0 Å². The van der Waals surface area contributed by atoms with Crippen LogP contribution in [0.4, 0.5) is 5.69 Å². The van der Waals surface area contributed by atoms with Crippen molar-refractivity contribution < 1.29 is 18.3 Å². The van der Waals surface area contributed by atoms with Crippen molar-refractivity contribution in [2.75, 3.05) is 10.8 Å². The minimum atomic E-state index is -3.92. The first kappa shape index (κ1) is 17.1. The number of nitrogens with zero attached hydrogens (tertiary/aromatic N) is 1. The van der Waals surface area contributed by atoms with Gasteiger partial charge in [-0.15, -0.1) is 0 Å². The summed E-state index contributed by atoms with van der Waals surface area (Å²) in [5.41, 5.74) is 1.21. The number of aryl methyl sites for hydroxylation is 1. The molecule has 0 atom stereocenters. The van der Waals surface area contributed by atoms with Crippen molar-refractivity contribution in [1.29, 1.82) is 0 Å². The number of anilines is 1. The maximum atomic E-state index is 11.9. The van der Waals surface area contributed by atoms with Crippen molar-refractivity contribution in [1.82, 2.24) is 4.72 Å². The number of carbonyl (C=O) groups excluding carboxylic acids is 1. The number of rotatable bonds is 2. The molecule has 1 aliphatic heterocycles. The molecular weight excluding hydrogens is 316 g/mol. The van der Waals surface area contributed by atoms with E-state index in [1.54, 1.807) is 6.07 Å². The Bertz CT molecular complexity index is 847. The normalized spacial score (nSPS) is 16.0. The van der Waals surface area contributed by atoms with Crippen LogP contribution in [0, 0.1) is 0 Å². The van der Waals surface area contributed by atoms with E-state index in [9.17, 15) is 18.3 Å². The van der Waals surface area contributed by atoms with E-state index in [0.717, 1.165) is 27.1 Å². The van der Waals surface area contributed by atoms with Crippen LogP contribution < -0.4 is 9.03 Å². The van der Waals surface area contributed by atoms with E-state index in [1.807, 2.05) is 43.7 Å². The quantitative estimate of drug-likeness (QED) is 0.881. The summed E-state index contributed by atoms with van der Waals surface area (Å²) in [6, 6.07) is 8.86. The van der Waals surface area contributed by atoms with Gasteiger partial charge in [-0.3, -0.25) is 4.79 Å². The molecule has 0 bridgehead atoms. The van der Waals surface area contributed by atoms with Gasteiger partial charge in [0.15, 0.2) is 0 Å². The summed E-state index contributed by atoms with van der Waals surface area (Å²) >= 11 is 0. The standard InChI is InChI=1S/C14H14N2O4S.C2H6/c1-2-9-3-4-10-7-13(17)12(6-11(10)5-9)16-8-14(18)15-21(16,19)20;1-2/h3-7,17H,2,8H2,1H3,(H,15,18);1-2H3. The zero-order valence-electron chi connectivity index (χ0n) is 13.3. The molecule has 0 aliphatic carbocycles. The fourth-order valence-electron chi connectivity index (χ4n) is 2.40. The third-order valence-corrected chi connectivity index (χ3v) is 4.89. The average molecular weight is 336 g/mol. The third kappa shape index (κ3) is 3.24. The first-order valence-electron chi connectivity index (χ1n) is 7.49. The molecule has 0 saturated carbocycles. The molecule has 3 rings (SSSR count). The molecule has 23 heavy (non-hydrogen) atoms. The van der Waals surface area contributed by atoms with Crippen LogP contribution in [0.5, 0.6) is 5.75 Å². The average Bonchev–Trinajstić information content (AvgIpc) is 2.80. The van der Waals surface area contributed by atoms with Crippen LogP contribution in [0.1, 0.15) is 26.3 Å². The van der Waals surface area contributed by atoms with Gasteiger partial charge in [0.25, 0.3) is 5.91 Å². The van der Waals surface area contributed by atoms with E-state index >= 15 is 0 Å². The molecule has 2 aromatic rings. The predicted octanol–water partition coefficient (Wildman–Crippen LogP) is 2.32. The zero-order valence-corrected chi connectivity index (χ0v) is 14.1. The third-order valence-electron chi connectivity index (χ3n) is 3.50. The molecule has 1 amide bonds. The van der Waals surface area contributed by atoms with Crippen LogP contribution in [0.3, 0.4) is 0 Å². The monoisotopic (exact) mass is 336 g/mol. The maximum Gasteiger partial charge on any atom is 0.326 e. The van der Waals surface area contributed by atoms with Gasteiger partial charge in [-0.2, -0.15) is 8.42 Å². The SMILES string of the molecule is CC.CCc1ccc2cc(O)c(N3CC(=O)NS3(=O)=O)cc2c1. The number of carbonyl (C=O) groups is 1. The molecule has 0 unspecified atom stereocenters. The Morgan fingerprint density at radius 3 is 2.43 bits per heavy atom. The second-order valence-corrected chi connectivity index (χ2v) is 6.51. The highest BCUT2D eigenvalue weighted by Gasteiger charge is 2.35. The lowest BCUT2D eigenvalue weighted by molar-refractivity contribution is -0.117. The minimum Gasteiger partial charge on any atom is -0.506 e. The lowest BCUT2D eigenvalue weighted by Crippen LogP contribution is -2.29. The molecule has 1 aliphatic rings. The van der Waals surface area contributed by atoms with Crippen molar-refractivity contribution in [3.05, 3.63) is 35.9 Å². The van der Waals surface area contributed by atoms with Gasteiger partial charge in [0.2, 0.25) is 0 Å². The summed E-state index contributed by atoms with van der Waals surface area (Å²) < 4.78 is 26.5. The number of nitrogens with one attached hydrogen (secondary N) is 1. The van der Waals surface area contributed by atoms with Gasteiger partial charge in [0, 0.05) is 0 Å². The number of hydrogen-bond donors (Lipinski definition) is 2. The van der Waals surface area contributed by atoms with Gasteiger partial charge in [-0.1, -0.05) is 39.0 Å². The van der Waals surface area contributed by atoms with E-state index in [0.29, 0.717) is 0 Å². The fourth-order valence-corrected chi connectivity index (χ4v) is 3.56. The maximum absolute atomic E-state index is 11.9. The number of phenolic OH excluding ortho intramolecular Hbond substituents is 1. The van der Waals surface area contributed by atoms with Gasteiger partial charge in [0.05, 0.1) is 5.69 Å². The van der Waals surface area contributed by atoms with Crippen molar-refractivity contribution in [3.63, 3.8) is 0 Å². The highest BCUT2D eigenvalue weighted by Crippen LogP contribution is 2.35. The van der Waals surface area contributed by atoms with Gasteiger partial charge >= 0.3 is 10.2 Å². The molecule has 1 fully saturated rings. The minimum absolute atomic E-state index is 0.106. The number of hydrogen-bond acceptors (Lipinski definition) is 4. The Hall–Kier alpha value is -2.28. The van der Waals surface area contributed by atoms with E-state index in [-0.39, 0.29) is 18.0 Å². The van der Waals surface area contributed by atoms with E-state index in [4.69, 9.17) is 0 Å².